The molecule has 1 aliphatic rings. The molecule has 1 saturated carbocycles. The summed E-state index contributed by atoms with van der Waals surface area (Å²) in [5.74, 6) is 0.853. The van der Waals surface area contributed by atoms with Crippen molar-refractivity contribution < 1.29 is 4.74 Å². The van der Waals surface area contributed by atoms with E-state index in [2.05, 4.69) is 4.98 Å². The van der Waals surface area contributed by atoms with E-state index in [1.807, 2.05) is 30.5 Å². The largest absolute Gasteiger partial charge is 0.497 e. The summed E-state index contributed by atoms with van der Waals surface area (Å²) in [7, 11) is 1.67. The molecular formula is C13H14N2O. The summed E-state index contributed by atoms with van der Waals surface area (Å²) in [4.78, 5) is 4.44. The fourth-order valence-corrected chi connectivity index (χ4v) is 2.04. The second-order valence-electron chi connectivity index (χ2n) is 4.40. The summed E-state index contributed by atoms with van der Waals surface area (Å²) < 4.78 is 5.24. The van der Waals surface area contributed by atoms with Crippen molar-refractivity contribution in [2.24, 2.45) is 5.73 Å². The van der Waals surface area contributed by atoms with Crippen LogP contribution in [0.2, 0.25) is 0 Å². The first-order valence-corrected chi connectivity index (χ1v) is 5.45. The minimum atomic E-state index is -0.203. The lowest BCUT2D eigenvalue weighted by Gasteiger charge is -2.12. The Morgan fingerprint density at radius 1 is 1.31 bits per heavy atom. The van der Waals surface area contributed by atoms with Gasteiger partial charge in [0.15, 0.2) is 0 Å². The van der Waals surface area contributed by atoms with Crippen molar-refractivity contribution in [1.29, 1.82) is 0 Å². The van der Waals surface area contributed by atoms with E-state index in [9.17, 15) is 0 Å². The summed E-state index contributed by atoms with van der Waals surface area (Å²) in [6, 6.07) is 8.03. The molecule has 0 atom stereocenters. The van der Waals surface area contributed by atoms with Crippen LogP contribution in [-0.2, 0) is 5.54 Å². The number of hydrogen-bond acceptors (Lipinski definition) is 3. The van der Waals surface area contributed by atoms with Gasteiger partial charge in [-0.25, -0.2) is 0 Å². The third kappa shape index (κ3) is 1.36. The Balaban J connectivity index is 2.27. The maximum Gasteiger partial charge on any atom is 0.119 e. The van der Waals surface area contributed by atoms with Crippen molar-refractivity contribution in [3.05, 3.63) is 36.2 Å². The number of methoxy groups -OCH3 is 1. The summed E-state index contributed by atoms with van der Waals surface area (Å²) in [6.45, 7) is 0. The molecule has 0 saturated heterocycles. The molecule has 1 aliphatic carbocycles. The van der Waals surface area contributed by atoms with Crippen LogP contribution in [0, 0.1) is 0 Å². The molecule has 1 heterocycles. The molecule has 2 aromatic rings. The lowest BCUT2D eigenvalue weighted by Crippen LogP contribution is -2.20. The smallest absolute Gasteiger partial charge is 0.119 e. The third-order valence-corrected chi connectivity index (χ3v) is 3.23. The number of nitrogens with zero attached hydrogens (tertiary/aromatic N) is 1. The molecule has 1 fully saturated rings. The summed E-state index contributed by atoms with van der Waals surface area (Å²) >= 11 is 0. The van der Waals surface area contributed by atoms with Gasteiger partial charge in [0.05, 0.1) is 18.3 Å². The van der Waals surface area contributed by atoms with Crippen molar-refractivity contribution in [1.82, 2.24) is 4.98 Å². The van der Waals surface area contributed by atoms with Crippen LogP contribution < -0.4 is 10.5 Å². The minimum Gasteiger partial charge on any atom is -0.497 e. The van der Waals surface area contributed by atoms with Gasteiger partial charge >= 0.3 is 0 Å². The SMILES string of the molecule is COc1ccc2ccnc(C3(N)CC3)c2c1. The summed E-state index contributed by atoms with van der Waals surface area (Å²) in [5, 5.41) is 2.28. The molecule has 3 rings (SSSR count). The highest BCUT2D eigenvalue weighted by Crippen LogP contribution is 2.44. The lowest BCUT2D eigenvalue weighted by molar-refractivity contribution is 0.415. The Labute approximate surface area is 94.2 Å². The summed E-state index contributed by atoms with van der Waals surface area (Å²) in [6.07, 6.45) is 3.88. The van der Waals surface area contributed by atoms with E-state index < -0.39 is 0 Å². The van der Waals surface area contributed by atoms with Crippen LogP contribution in [0.1, 0.15) is 18.5 Å². The summed E-state index contributed by atoms with van der Waals surface area (Å²) in [5.41, 5.74) is 7.02. The first kappa shape index (κ1) is 9.60. The van der Waals surface area contributed by atoms with Gasteiger partial charge in [0.25, 0.3) is 0 Å². The highest BCUT2D eigenvalue weighted by Gasteiger charge is 2.42. The average molecular weight is 214 g/mol. The molecule has 0 radical (unpaired) electrons. The Kier molecular flexibility index (Phi) is 1.91. The zero-order valence-corrected chi connectivity index (χ0v) is 9.23. The van der Waals surface area contributed by atoms with E-state index in [1.54, 1.807) is 7.11 Å². The number of nitrogens with two attached hydrogens (primary N) is 1. The predicted octanol–water partition coefficient (Wildman–Crippen LogP) is 2.19. The number of rotatable bonds is 2. The number of aromatic nitrogens is 1. The van der Waals surface area contributed by atoms with E-state index in [-0.39, 0.29) is 5.54 Å². The molecule has 0 aliphatic heterocycles. The second-order valence-corrected chi connectivity index (χ2v) is 4.40. The van der Waals surface area contributed by atoms with E-state index in [0.29, 0.717) is 0 Å². The van der Waals surface area contributed by atoms with Crippen LogP contribution in [-0.4, -0.2) is 12.1 Å². The Hall–Kier alpha value is -1.61. The predicted molar refractivity (Wildman–Crippen MR) is 63.4 cm³/mol. The Morgan fingerprint density at radius 2 is 2.12 bits per heavy atom. The molecule has 2 N–H and O–H groups in total. The van der Waals surface area contributed by atoms with Crippen molar-refractivity contribution in [2.45, 2.75) is 18.4 Å². The van der Waals surface area contributed by atoms with Gasteiger partial charge in [-0.3, -0.25) is 4.98 Å². The standard InChI is InChI=1S/C13H14N2O/c1-16-10-3-2-9-4-7-15-12(11(9)8-10)13(14)5-6-13/h2-4,7-8H,5-6,14H2,1H3. The third-order valence-electron chi connectivity index (χ3n) is 3.23. The molecule has 3 nitrogen and oxygen atoms in total. The molecule has 82 valence electrons. The van der Waals surface area contributed by atoms with Crippen molar-refractivity contribution in [3.63, 3.8) is 0 Å². The van der Waals surface area contributed by atoms with Crippen LogP contribution in [0.3, 0.4) is 0 Å². The van der Waals surface area contributed by atoms with Crippen LogP contribution in [0.25, 0.3) is 10.8 Å². The molecule has 3 heteroatoms. The first-order valence-electron chi connectivity index (χ1n) is 5.45. The van der Waals surface area contributed by atoms with Gasteiger partial charge in [0.1, 0.15) is 5.75 Å². The van der Waals surface area contributed by atoms with Crippen molar-refractivity contribution in [3.8, 4) is 5.75 Å². The Morgan fingerprint density at radius 3 is 2.81 bits per heavy atom. The number of ether oxygens (including phenoxy) is 1. The quantitative estimate of drug-likeness (QED) is 0.833. The van der Waals surface area contributed by atoms with Gasteiger partial charge in [0.2, 0.25) is 0 Å². The monoisotopic (exact) mass is 214 g/mol. The maximum absolute atomic E-state index is 6.22. The molecule has 16 heavy (non-hydrogen) atoms. The average Bonchev–Trinajstić information content (AvgIpc) is 3.07. The molecular weight excluding hydrogens is 200 g/mol. The fourth-order valence-electron chi connectivity index (χ4n) is 2.04. The highest BCUT2D eigenvalue weighted by molar-refractivity contribution is 5.86. The molecule has 1 aromatic carbocycles. The molecule has 0 unspecified atom stereocenters. The second kappa shape index (κ2) is 3.19. The topological polar surface area (TPSA) is 48.1 Å². The highest BCUT2D eigenvalue weighted by atomic mass is 16.5. The van der Waals surface area contributed by atoms with E-state index in [0.717, 1.165) is 29.7 Å². The van der Waals surface area contributed by atoms with Gasteiger partial charge < -0.3 is 10.5 Å². The van der Waals surface area contributed by atoms with Crippen LogP contribution in [0.4, 0.5) is 0 Å². The molecule has 1 aromatic heterocycles. The number of benzene rings is 1. The zero-order chi connectivity index (χ0) is 11.2. The minimum absolute atomic E-state index is 0.203. The normalized spacial score (nSPS) is 17.4. The Bertz CT molecular complexity index is 547. The van der Waals surface area contributed by atoms with Gasteiger partial charge in [-0.05, 0) is 36.4 Å². The van der Waals surface area contributed by atoms with Gasteiger partial charge in [-0.1, -0.05) is 6.07 Å². The van der Waals surface area contributed by atoms with Crippen molar-refractivity contribution >= 4 is 10.8 Å². The van der Waals surface area contributed by atoms with Gasteiger partial charge in [0, 0.05) is 11.6 Å². The van der Waals surface area contributed by atoms with Gasteiger partial charge in [-0.2, -0.15) is 0 Å². The van der Waals surface area contributed by atoms with E-state index >= 15 is 0 Å². The molecule has 0 bridgehead atoms. The van der Waals surface area contributed by atoms with Gasteiger partial charge in [-0.15, -0.1) is 0 Å². The van der Waals surface area contributed by atoms with Crippen LogP contribution in [0.5, 0.6) is 5.75 Å². The molecule has 0 spiro atoms. The first-order chi connectivity index (χ1) is 7.73. The van der Waals surface area contributed by atoms with Crippen molar-refractivity contribution in [2.75, 3.05) is 7.11 Å². The van der Waals surface area contributed by atoms with E-state index in [4.69, 9.17) is 10.5 Å². The van der Waals surface area contributed by atoms with E-state index in [1.165, 1.54) is 5.39 Å². The zero-order valence-electron chi connectivity index (χ0n) is 9.23. The maximum atomic E-state index is 6.22. The number of hydrogen-bond donors (Lipinski definition) is 1. The fraction of sp³-hybridized carbons (Fsp3) is 0.308. The molecule has 0 amide bonds. The number of fused-ring (bicyclic) bond motifs is 1. The van der Waals surface area contributed by atoms with Crippen LogP contribution >= 0.6 is 0 Å². The number of pyridine rings is 1. The lowest BCUT2D eigenvalue weighted by atomic mass is 10.0. The van der Waals surface area contributed by atoms with Crippen LogP contribution in [0.15, 0.2) is 30.5 Å².